The lowest BCUT2D eigenvalue weighted by atomic mass is 9.95. The summed E-state index contributed by atoms with van der Waals surface area (Å²) < 4.78 is 22.3. The molecular formula is C11H23NO2S. The van der Waals surface area contributed by atoms with E-state index in [9.17, 15) is 8.42 Å². The summed E-state index contributed by atoms with van der Waals surface area (Å²) in [5.74, 6) is 0. The van der Waals surface area contributed by atoms with E-state index in [0.29, 0.717) is 12.6 Å². The van der Waals surface area contributed by atoms with Gasteiger partial charge in [0.25, 0.3) is 0 Å². The fourth-order valence-corrected chi connectivity index (χ4v) is 2.17. The molecule has 0 atom stereocenters. The smallest absolute Gasteiger partial charge is 0.153 e. The summed E-state index contributed by atoms with van der Waals surface area (Å²) in [4.78, 5) is 0. The van der Waals surface area contributed by atoms with Crippen LogP contribution in [0.2, 0.25) is 0 Å². The van der Waals surface area contributed by atoms with Crippen LogP contribution < -0.4 is 5.32 Å². The van der Waals surface area contributed by atoms with Crippen LogP contribution in [0.4, 0.5) is 0 Å². The Labute approximate surface area is 93.6 Å². The van der Waals surface area contributed by atoms with E-state index in [1.807, 2.05) is 0 Å². The van der Waals surface area contributed by atoms with Crippen molar-refractivity contribution in [1.29, 1.82) is 0 Å². The van der Waals surface area contributed by atoms with Crippen molar-refractivity contribution in [1.82, 2.24) is 5.32 Å². The molecule has 0 aromatic rings. The molecule has 1 aliphatic rings. The Hall–Kier alpha value is -0.0900. The Morgan fingerprint density at radius 1 is 1.20 bits per heavy atom. The predicted octanol–water partition coefficient (Wildman–Crippen LogP) is 1.73. The van der Waals surface area contributed by atoms with Gasteiger partial charge in [0.2, 0.25) is 0 Å². The highest BCUT2D eigenvalue weighted by Gasteiger charge is 2.30. The zero-order valence-corrected chi connectivity index (χ0v) is 10.9. The fourth-order valence-electron chi connectivity index (χ4n) is 1.83. The van der Waals surface area contributed by atoms with Crippen LogP contribution in [0.3, 0.4) is 0 Å². The zero-order chi connectivity index (χ0) is 11.5. The normalized spacial score (nSPS) is 20.5. The Kier molecular flexibility index (Phi) is 4.18. The van der Waals surface area contributed by atoms with Gasteiger partial charge in [-0.25, -0.2) is 8.42 Å². The third kappa shape index (κ3) is 3.76. The Balaban J connectivity index is 2.41. The van der Waals surface area contributed by atoms with Gasteiger partial charge in [0.1, 0.15) is 0 Å². The summed E-state index contributed by atoms with van der Waals surface area (Å²) in [6, 6.07) is 0.528. The molecule has 0 aromatic carbocycles. The van der Waals surface area contributed by atoms with Crippen LogP contribution in [0, 0.1) is 0 Å². The quantitative estimate of drug-likeness (QED) is 0.804. The second-order valence-corrected chi connectivity index (χ2v) is 7.90. The van der Waals surface area contributed by atoms with Gasteiger partial charge in [-0.1, -0.05) is 19.3 Å². The van der Waals surface area contributed by atoms with Crippen molar-refractivity contribution in [3.8, 4) is 0 Å². The van der Waals surface area contributed by atoms with E-state index in [-0.39, 0.29) is 0 Å². The van der Waals surface area contributed by atoms with Gasteiger partial charge in [-0.15, -0.1) is 0 Å². The highest BCUT2D eigenvalue weighted by molar-refractivity contribution is 7.92. The van der Waals surface area contributed by atoms with Crippen molar-refractivity contribution < 1.29 is 8.42 Å². The lowest BCUT2D eigenvalue weighted by Gasteiger charge is -2.28. The second-order valence-electron chi connectivity index (χ2n) is 5.25. The topological polar surface area (TPSA) is 46.2 Å². The minimum atomic E-state index is -2.97. The lowest BCUT2D eigenvalue weighted by molar-refractivity contribution is 0.361. The molecule has 0 unspecified atom stereocenters. The summed E-state index contributed by atoms with van der Waals surface area (Å²) in [6.45, 7) is 4.15. The van der Waals surface area contributed by atoms with Crippen molar-refractivity contribution in [3.05, 3.63) is 0 Å². The molecule has 90 valence electrons. The second kappa shape index (κ2) is 4.83. The van der Waals surface area contributed by atoms with Crippen LogP contribution in [0.25, 0.3) is 0 Å². The maximum Gasteiger partial charge on any atom is 0.153 e. The van der Waals surface area contributed by atoms with Gasteiger partial charge in [0.05, 0.1) is 4.75 Å². The van der Waals surface area contributed by atoms with Gasteiger partial charge in [0.15, 0.2) is 9.84 Å². The number of hydrogen-bond acceptors (Lipinski definition) is 3. The van der Waals surface area contributed by atoms with E-state index in [1.165, 1.54) is 38.4 Å². The van der Waals surface area contributed by atoms with Crippen molar-refractivity contribution in [3.63, 3.8) is 0 Å². The van der Waals surface area contributed by atoms with E-state index in [1.54, 1.807) is 13.8 Å². The van der Waals surface area contributed by atoms with Gasteiger partial charge < -0.3 is 5.32 Å². The molecule has 0 spiro atoms. The van der Waals surface area contributed by atoms with Crippen molar-refractivity contribution in [2.75, 3.05) is 12.8 Å². The maximum atomic E-state index is 11.5. The average molecular weight is 233 g/mol. The monoisotopic (exact) mass is 233 g/mol. The van der Waals surface area contributed by atoms with E-state index < -0.39 is 14.6 Å². The molecule has 1 fully saturated rings. The van der Waals surface area contributed by atoms with E-state index in [4.69, 9.17) is 0 Å². The van der Waals surface area contributed by atoms with Gasteiger partial charge in [-0.3, -0.25) is 0 Å². The molecule has 0 aliphatic heterocycles. The first-order valence-corrected chi connectivity index (χ1v) is 7.65. The molecule has 3 nitrogen and oxygen atoms in total. The molecule has 0 heterocycles. The summed E-state index contributed by atoms with van der Waals surface area (Å²) in [5.41, 5.74) is 0. The summed E-state index contributed by atoms with van der Waals surface area (Å²) in [5, 5.41) is 3.39. The first-order valence-electron chi connectivity index (χ1n) is 5.76. The summed E-state index contributed by atoms with van der Waals surface area (Å²) >= 11 is 0. The highest BCUT2D eigenvalue weighted by Crippen LogP contribution is 2.19. The maximum absolute atomic E-state index is 11.5. The molecule has 1 saturated carbocycles. The van der Waals surface area contributed by atoms with Gasteiger partial charge in [-0.2, -0.15) is 0 Å². The molecule has 1 aliphatic carbocycles. The molecule has 0 radical (unpaired) electrons. The van der Waals surface area contributed by atoms with Crippen LogP contribution in [0.5, 0.6) is 0 Å². The number of rotatable bonds is 4. The molecule has 4 heteroatoms. The van der Waals surface area contributed by atoms with Crippen LogP contribution in [0.15, 0.2) is 0 Å². The number of nitrogens with one attached hydrogen (secondary N) is 1. The standard InChI is InChI=1S/C11H23NO2S/c1-11(2,15(3,13)14)9-12-10-7-5-4-6-8-10/h10,12H,4-9H2,1-3H3. The minimum Gasteiger partial charge on any atom is -0.312 e. The summed E-state index contributed by atoms with van der Waals surface area (Å²) in [7, 11) is -2.97. The third-order valence-electron chi connectivity index (χ3n) is 3.43. The first kappa shape index (κ1) is 13.0. The molecule has 1 N–H and O–H groups in total. The van der Waals surface area contributed by atoms with E-state index in [2.05, 4.69) is 5.32 Å². The molecule has 0 aromatic heterocycles. The van der Waals surface area contributed by atoms with Gasteiger partial charge in [0, 0.05) is 18.8 Å². The largest absolute Gasteiger partial charge is 0.312 e. The molecule has 0 bridgehead atoms. The van der Waals surface area contributed by atoms with Crippen LogP contribution in [-0.4, -0.2) is 32.0 Å². The van der Waals surface area contributed by atoms with Crippen molar-refractivity contribution in [2.45, 2.75) is 56.7 Å². The number of sulfone groups is 1. The highest BCUT2D eigenvalue weighted by atomic mass is 32.2. The molecule has 15 heavy (non-hydrogen) atoms. The van der Waals surface area contributed by atoms with Crippen molar-refractivity contribution in [2.24, 2.45) is 0 Å². The number of hydrogen-bond donors (Lipinski definition) is 1. The third-order valence-corrected chi connectivity index (χ3v) is 5.58. The Bertz CT molecular complexity index is 290. The minimum absolute atomic E-state index is 0.528. The molecular weight excluding hydrogens is 210 g/mol. The first-order chi connectivity index (χ1) is 6.83. The van der Waals surface area contributed by atoms with Crippen LogP contribution in [0.1, 0.15) is 46.0 Å². The SMILES string of the molecule is CC(C)(CNC1CCCCC1)S(C)(=O)=O. The fraction of sp³-hybridized carbons (Fsp3) is 1.00. The van der Waals surface area contributed by atoms with Crippen LogP contribution in [-0.2, 0) is 9.84 Å². The van der Waals surface area contributed by atoms with Gasteiger partial charge >= 0.3 is 0 Å². The molecule has 1 rings (SSSR count). The van der Waals surface area contributed by atoms with E-state index >= 15 is 0 Å². The average Bonchev–Trinajstić information content (AvgIpc) is 2.15. The van der Waals surface area contributed by atoms with Crippen LogP contribution >= 0.6 is 0 Å². The van der Waals surface area contributed by atoms with E-state index in [0.717, 1.165) is 0 Å². The predicted molar refractivity (Wildman–Crippen MR) is 63.8 cm³/mol. The Morgan fingerprint density at radius 2 is 1.73 bits per heavy atom. The van der Waals surface area contributed by atoms with Crippen molar-refractivity contribution >= 4 is 9.84 Å². The summed E-state index contributed by atoms with van der Waals surface area (Å²) in [6.07, 6.45) is 7.58. The zero-order valence-electron chi connectivity index (χ0n) is 10.0. The van der Waals surface area contributed by atoms with Gasteiger partial charge in [-0.05, 0) is 26.7 Å². The lowest BCUT2D eigenvalue weighted by Crippen LogP contribution is -2.45. The Morgan fingerprint density at radius 3 is 2.20 bits per heavy atom. The molecule has 0 saturated heterocycles. The molecule has 0 amide bonds.